The summed E-state index contributed by atoms with van der Waals surface area (Å²) in [4.78, 5) is 0. The van der Waals surface area contributed by atoms with Crippen LogP contribution in [0.3, 0.4) is 0 Å². The Kier molecular flexibility index (Phi) is 4.81. The number of rotatable bonds is 4. The second-order valence-electron chi connectivity index (χ2n) is 6.19. The molecule has 0 heterocycles. The van der Waals surface area contributed by atoms with E-state index < -0.39 is 0 Å². The van der Waals surface area contributed by atoms with Gasteiger partial charge in [-0.2, -0.15) is 0 Å². The van der Waals surface area contributed by atoms with Crippen LogP contribution in [0.5, 0.6) is 0 Å². The van der Waals surface area contributed by atoms with Crippen LogP contribution in [-0.2, 0) is 0 Å². The zero-order valence-electron chi connectivity index (χ0n) is 12.0. The first-order valence-electron chi connectivity index (χ1n) is 7.14. The largest absolute Gasteiger partial charge is 0.310 e. The Bertz CT molecular complexity index is 442. The Morgan fingerprint density at radius 1 is 1.37 bits per heavy atom. The molecule has 1 saturated carbocycles. The highest BCUT2D eigenvalue weighted by molar-refractivity contribution is 6.33. The van der Waals surface area contributed by atoms with E-state index in [1.54, 1.807) is 0 Å². The summed E-state index contributed by atoms with van der Waals surface area (Å²) in [7, 11) is 0. The Balaban J connectivity index is 2.37. The summed E-state index contributed by atoms with van der Waals surface area (Å²) < 4.78 is 0. The standard InChI is InChI=1S/C16H23Cl2N/c1-4-19-15(13-6-5-9-16(13,2)3)12-10-11(17)7-8-14(12)18/h7-8,10,13,15,19H,4-6,9H2,1-3H3. The minimum atomic E-state index is 0.300. The predicted molar refractivity (Wildman–Crippen MR) is 84.0 cm³/mol. The molecule has 0 saturated heterocycles. The van der Waals surface area contributed by atoms with Crippen LogP contribution in [0.4, 0.5) is 0 Å². The van der Waals surface area contributed by atoms with Gasteiger partial charge in [0.05, 0.1) is 0 Å². The van der Waals surface area contributed by atoms with Crippen LogP contribution in [0, 0.1) is 11.3 Å². The van der Waals surface area contributed by atoms with Gasteiger partial charge in [-0.3, -0.25) is 0 Å². The lowest BCUT2D eigenvalue weighted by Gasteiger charge is -2.35. The van der Waals surface area contributed by atoms with E-state index in [0.29, 0.717) is 17.4 Å². The van der Waals surface area contributed by atoms with E-state index in [4.69, 9.17) is 23.2 Å². The Morgan fingerprint density at radius 3 is 2.68 bits per heavy atom. The maximum Gasteiger partial charge on any atom is 0.0454 e. The third-order valence-corrected chi connectivity index (χ3v) is 5.04. The fraction of sp³-hybridized carbons (Fsp3) is 0.625. The van der Waals surface area contributed by atoms with E-state index in [1.807, 2.05) is 18.2 Å². The Hall–Kier alpha value is -0.240. The van der Waals surface area contributed by atoms with Crippen molar-refractivity contribution < 1.29 is 0 Å². The average Bonchev–Trinajstić information content (AvgIpc) is 2.69. The smallest absolute Gasteiger partial charge is 0.0454 e. The molecule has 0 aromatic heterocycles. The van der Waals surface area contributed by atoms with Crippen molar-refractivity contribution in [3.05, 3.63) is 33.8 Å². The molecule has 1 fully saturated rings. The molecule has 1 nitrogen and oxygen atoms in total. The van der Waals surface area contributed by atoms with E-state index in [0.717, 1.165) is 22.2 Å². The molecule has 0 aliphatic heterocycles. The molecule has 0 spiro atoms. The summed E-state index contributed by atoms with van der Waals surface area (Å²) in [6, 6.07) is 6.08. The van der Waals surface area contributed by atoms with Crippen LogP contribution in [0.25, 0.3) is 0 Å². The van der Waals surface area contributed by atoms with Gasteiger partial charge in [0.25, 0.3) is 0 Å². The van der Waals surface area contributed by atoms with Crippen LogP contribution in [0.15, 0.2) is 18.2 Å². The van der Waals surface area contributed by atoms with Gasteiger partial charge in [-0.05, 0) is 54.5 Å². The van der Waals surface area contributed by atoms with Crippen LogP contribution < -0.4 is 5.32 Å². The highest BCUT2D eigenvalue weighted by atomic mass is 35.5. The summed E-state index contributed by atoms with van der Waals surface area (Å²) in [6.07, 6.45) is 3.85. The topological polar surface area (TPSA) is 12.0 Å². The van der Waals surface area contributed by atoms with Crippen molar-refractivity contribution in [2.75, 3.05) is 6.54 Å². The van der Waals surface area contributed by atoms with Crippen molar-refractivity contribution in [3.8, 4) is 0 Å². The van der Waals surface area contributed by atoms with Crippen LogP contribution >= 0.6 is 23.2 Å². The van der Waals surface area contributed by atoms with E-state index in [-0.39, 0.29) is 0 Å². The molecule has 1 aliphatic rings. The molecule has 2 atom stereocenters. The minimum absolute atomic E-state index is 0.300. The molecule has 2 unspecified atom stereocenters. The predicted octanol–water partition coefficient (Wildman–Crippen LogP) is 5.47. The van der Waals surface area contributed by atoms with Crippen molar-refractivity contribution in [2.45, 2.75) is 46.1 Å². The third-order valence-electron chi connectivity index (χ3n) is 4.46. The zero-order valence-corrected chi connectivity index (χ0v) is 13.5. The van der Waals surface area contributed by atoms with Crippen molar-refractivity contribution in [1.82, 2.24) is 5.32 Å². The maximum atomic E-state index is 6.40. The maximum absolute atomic E-state index is 6.40. The molecule has 1 aliphatic carbocycles. The highest BCUT2D eigenvalue weighted by Crippen LogP contribution is 2.49. The van der Waals surface area contributed by atoms with Gasteiger partial charge in [-0.1, -0.05) is 50.4 Å². The second-order valence-corrected chi connectivity index (χ2v) is 7.03. The Morgan fingerprint density at radius 2 is 2.11 bits per heavy atom. The fourth-order valence-corrected chi connectivity index (χ4v) is 3.83. The first kappa shape index (κ1) is 15.2. The fourth-order valence-electron chi connectivity index (χ4n) is 3.41. The highest BCUT2D eigenvalue weighted by Gasteiger charge is 2.40. The SMILES string of the molecule is CCNC(c1cc(Cl)ccc1Cl)C1CCCC1(C)C. The number of hydrogen-bond acceptors (Lipinski definition) is 1. The van der Waals surface area contributed by atoms with Gasteiger partial charge in [0.2, 0.25) is 0 Å². The third kappa shape index (κ3) is 3.26. The lowest BCUT2D eigenvalue weighted by molar-refractivity contribution is 0.199. The first-order valence-corrected chi connectivity index (χ1v) is 7.89. The van der Waals surface area contributed by atoms with Crippen LogP contribution in [0.1, 0.15) is 51.6 Å². The van der Waals surface area contributed by atoms with E-state index >= 15 is 0 Å². The molecule has 0 bridgehead atoms. The van der Waals surface area contributed by atoms with Gasteiger partial charge in [0.1, 0.15) is 0 Å². The summed E-state index contributed by atoms with van der Waals surface area (Å²) in [5.74, 6) is 0.614. The second kappa shape index (κ2) is 6.03. The van der Waals surface area contributed by atoms with Crippen LogP contribution in [0.2, 0.25) is 10.0 Å². The van der Waals surface area contributed by atoms with E-state index in [1.165, 1.54) is 19.3 Å². The molecule has 0 radical (unpaired) electrons. The molecule has 2 rings (SSSR count). The normalized spacial score (nSPS) is 23.5. The van der Waals surface area contributed by atoms with E-state index in [2.05, 4.69) is 26.1 Å². The summed E-state index contributed by atoms with van der Waals surface area (Å²) in [6.45, 7) is 7.83. The molecule has 3 heteroatoms. The molecule has 1 aromatic rings. The quantitative estimate of drug-likeness (QED) is 0.777. The van der Waals surface area contributed by atoms with Crippen molar-refractivity contribution in [3.63, 3.8) is 0 Å². The molecule has 106 valence electrons. The van der Waals surface area contributed by atoms with Gasteiger partial charge in [0.15, 0.2) is 0 Å². The van der Waals surface area contributed by atoms with Gasteiger partial charge in [-0.15, -0.1) is 0 Å². The van der Waals surface area contributed by atoms with Crippen molar-refractivity contribution in [1.29, 1.82) is 0 Å². The van der Waals surface area contributed by atoms with Gasteiger partial charge < -0.3 is 5.32 Å². The molecular formula is C16H23Cl2N. The number of benzene rings is 1. The van der Waals surface area contributed by atoms with Gasteiger partial charge >= 0.3 is 0 Å². The summed E-state index contributed by atoms with van der Waals surface area (Å²) >= 11 is 12.6. The minimum Gasteiger partial charge on any atom is -0.310 e. The number of halogens is 2. The lowest BCUT2D eigenvalue weighted by Crippen LogP contribution is -2.34. The monoisotopic (exact) mass is 299 g/mol. The zero-order chi connectivity index (χ0) is 14.0. The van der Waals surface area contributed by atoms with Gasteiger partial charge in [-0.25, -0.2) is 0 Å². The number of nitrogens with one attached hydrogen (secondary N) is 1. The van der Waals surface area contributed by atoms with Crippen LogP contribution in [-0.4, -0.2) is 6.54 Å². The molecule has 1 aromatic carbocycles. The first-order chi connectivity index (χ1) is 8.95. The summed E-state index contributed by atoms with van der Waals surface area (Å²) in [5.41, 5.74) is 1.51. The lowest BCUT2D eigenvalue weighted by atomic mass is 9.75. The summed E-state index contributed by atoms with van der Waals surface area (Å²) in [5, 5.41) is 5.20. The Labute approximate surface area is 126 Å². The molecular weight excluding hydrogens is 277 g/mol. The van der Waals surface area contributed by atoms with Crippen molar-refractivity contribution in [2.24, 2.45) is 11.3 Å². The number of hydrogen-bond donors (Lipinski definition) is 1. The van der Waals surface area contributed by atoms with E-state index in [9.17, 15) is 0 Å². The van der Waals surface area contributed by atoms with Gasteiger partial charge in [0, 0.05) is 16.1 Å². The van der Waals surface area contributed by atoms with Crippen molar-refractivity contribution >= 4 is 23.2 Å². The molecule has 19 heavy (non-hydrogen) atoms. The average molecular weight is 300 g/mol. The molecule has 0 amide bonds. The molecule has 1 N–H and O–H groups in total.